The van der Waals surface area contributed by atoms with Gasteiger partial charge in [-0.05, 0) is 35.9 Å². The molecule has 5 heteroatoms. The van der Waals surface area contributed by atoms with Crippen LogP contribution in [-0.2, 0) is 4.74 Å². The van der Waals surface area contributed by atoms with Gasteiger partial charge in [-0.25, -0.2) is 0 Å². The van der Waals surface area contributed by atoms with Crippen LogP contribution in [0.15, 0.2) is 42.5 Å². The standard InChI is InChI=1S/C18H18O5/c1-20-13-7-4-11(5-8-13)17-18(23-17)16(19)12-6-9-14(21-2)15(10-12)22-3/h4-10,17-18H,1-3H3. The first-order valence-corrected chi connectivity index (χ1v) is 7.23. The fourth-order valence-electron chi connectivity index (χ4n) is 2.51. The van der Waals surface area contributed by atoms with E-state index in [1.165, 1.54) is 0 Å². The van der Waals surface area contributed by atoms with E-state index >= 15 is 0 Å². The summed E-state index contributed by atoms with van der Waals surface area (Å²) < 4.78 is 21.1. The van der Waals surface area contributed by atoms with E-state index in [-0.39, 0.29) is 11.9 Å². The lowest BCUT2D eigenvalue weighted by atomic mass is 10.0. The summed E-state index contributed by atoms with van der Waals surface area (Å²) in [5.41, 5.74) is 1.51. The number of benzene rings is 2. The molecule has 0 aliphatic carbocycles. The molecular weight excluding hydrogens is 296 g/mol. The van der Waals surface area contributed by atoms with Gasteiger partial charge in [-0.1, -0.05) is 12.1 Å². The van der Waals surface area contributed by atoms with Gasteiger partial charge in [0.15, 0.2) is 23.4 Å². The molecule has 1 aliphatic heterocycles. The number of epoxide rings is 1. The van der Waals surface area contributed by atoms with Crippen molar-refractivity contribution in [3.8, 4) is 17.2 Å². The highest BCUT2D eigenvalue weighted by Crippen LogP contribution is 2.41. The molecule has 2 aromatic rings. The minimum absolute atomic E-state index is 0.0632. The van der Waals surface area contributed by atoms with Gasteiger partial charge in [0, 0.05) is 5.56 Å². The largest absolute Gasteiger partial charge is 0.497 e. The molecule has 5 nitrogen and oxygen atoms in total. The second-order valence-electron chi connectivity index (χ2n) is 5.18. The summed E-state index contributed by atoms with van der Waals surface area (Å²) in [5, 5.41) is 0. The van der Waals surface area contributed by atoms with Crippen molar-refractivity contribution in [3.05, 3.63) is 53.6 Å². The minimum atomic E-state index is -0.457. The van der Waals surface area contributed by atoms with Crippen LogP contribution in [0.2, 0.25) is 0 Å². The highest BCUT2D eigenvalue weighted by Gasteiger charge is 2.46. The molecule has 0 radical (unpaired) electrons. The van der Waals surface area contributed by atoms with Crippen molar-refractivity contribution < 1.29 is 23.7 Å². The smallest absolute Gasteiger partial charge is 0.194 e. The molecule has 2 unspecified atom stereocenters. The molecule has 120 valence electrons. The van der Waals surface area contributed by atoms with Crippen molar-refractivity contribution in [3.63, 3.8) is 0 Å². The highest BCUT2D eigenvalue weighted by molar-refractivity contribution is 6.02. The lowest BCUT2D eigenvalue weighted by molar-refractivity contribution is 0.0953. The first kappa shape index (κ1) is 15.4. The molecule has 3 rings (SSSR count). The molecule has 1 heterocycles. The molecule has 0 bridgehead atoms. The van der Waals surface area contributed by atoms with Gasteiger partial charge >= 0.3 is 0 Å². The van der Waals surface area contributed by atoms with Gasteiger partial charge in [0.25, 0.3) is 0 Å². The Morgan fingerprint density at radius 2 is 1.61 bits per heavy atom. The van der Waals surface area contributed by atoms with Crippen LogP contribution in [0.5, 0.6) is 17.2 Å². The highest BCUT2D eigenvalue weighted by atomic mass is 16.6. The Kier molecular flexibility index (Phi) is 4.21. The van der Waals surface area contributed by atoms with Crippen LogP contribution >= 0.6 is 0 Å². The molecular formula is C18H18O5. The number of ketones is 1. The van der Waals surface area contributed by atoms with Crippen LogP contribution in [0.1, 0.15) is 22.0 Å². The van der Waals surface area contributed by atoms with E-state index in [1.54, 1.807) is 39.5 Å². The third kappa shape index (κ3) is 3.00. The van der Waals surface area contributed by atoms with Gasteiger partial charge in [0.2, 0.25) is 0 Å². The van der Waals surface area contributed by atoms with Crippen LogP contribution in [0.3, 0.4) is 0 Å². The van der Waals surface area contributed by atoms with E-state index in [9.17, 15) is 4.79 Å². The number of ether oxygens (including phenoxy) is 4. The Balaban J connectivity index is 1.74. The van der Waals surface area contributed by atoms with Crippen LogP contribution < -0.4 is 14.2 Å². The molecule has 0 spiro atoms. The molecule has 0 saturated carbocycles. The average molecular weight is 314 g/mol. The molecule has 0 aromatic heterocycles. The molecule has 1 aliphatic rings. The summed E-state index contributed by atoms with van der Waals surface area (Å²) in [6.45, 7) is 0. The maximum absolute atomic E-state index is 12.5. The number of hydrogen-bond acceptors (Lipinski definition) is 5. The van der Waals surface area contributed by atoms with E-state index in [0.717, 1.165) is 11.3 Å². The van der Waals surface area contributed by atoms with Crippen LogP contribution in [0.25, 0.3) is 0 Å². The third-order valence-corrected chi connectivity index (χ3v) is 3.86. The van der Waals surface area contributed by atoms with E-state index in [4.69, 9.17) is 18.9 Å². The summed E-state index contributed by atoms with van der Waals surface area (Å²) in [6.07, 6.45) is -0.664. The predicted octanol–water partition coefficient (Wildman–Crippen LogP) is 3.04. The number of carbonyl (C=O) groups is 1. The predicted molar refractivity (Wildman–Crippen MR) is 84.5 cm³/mol. The average Bonchev–Trinajstić information content (AvgIpc) is 3.41. The summed E-state index contributed by atoms with van der Waals surface area (Å²) in [5.74, 6) is 1.83. The van der Waals surface area contributed by atoms with Crippen molar-refractivity contribution in [2.75, 3.05) is 21.3 Å². The van der Waals surface area contributed by atoms with Crippen molar-refractivity contribution in [1.82, 2.24) is 0 Å². The molecule has 0 amide bonds. The van der Waals surface area contributed by atoms with Crippen molar-refractivity contribution >= 4 is 5.78 Å². The number of rotatable bonds is 6. The fourth-order valence-corrected chi connectivity index (χ4v) is 2.51. The summed E-state index contributed by atoms with van der Waals surface area (Å²) >= 11 is 0. The topological polar surface area (TPSA) is 57.3 Å². The SMILES string of the molecule is COc1ccc(C2OC2C(=O)c2ccc(OC)c(OC)c2)cc1. The summed E-state index contributed by atoms with van der Waals surface area (Å²) in [6, 6.07) is 12.6. The van der Waals surface area contributed by atoms with Gasteiger partial charge < -0.3 is 18.9 Å². The molecule has 0 N–H and O–H groups in total. The first-order valence-electron chi connectivity index (χ1n) is 7.23. The van der Waals surface area contributed by atoms with Gasteiger partial charge in [0.05, 0.1) is 21.3 Å². The molecule has 2 atom stereocenters. The second kappa shape index (κ2) is 6.30. The lowest BCUT2D eigenvalue weighted by Crippen LogP contribution is -2.08. The van der Waals surface area contributed by atoms with E-state index in [0.29, 0.717) is 17.1 Å². The lowest BCUT2D eigenvalue weighted by Gasteiger charge is -2.08. The molecule has 1 saturated heterocycles. The van der Waals surface area contributed by atoms with Gasteiger partial charge in [-0.15, -0.1) is 0 Å². The normalized spacial score (nSPS) is 19.1. The maximum atomic E-state index is 12.5. The van der Waals surface area contributed by atoms with Gasteiger partial charge in [-0.3, -0.25) is 4.79 Å². The van der Waals surface area contributed by atoms with E-state index in [1.807, 2.05) is 24.3 Å². The van der Waals surface area contributed by atoms with Gasteiger partial charge in [0.1, 0.15) is 11.9 Å². The first-order chi connectivity index (χ1) is 11.2. The Labute approximate surface area is 134 Å². The molecule has 23 heavy (non-hydrogen) atoms. The zero-order chi connectivity index (χ0) is 16.4. The Morgan fingerprint density at radius 1 is 0.913 bits per heavy atom. The monoisotopic (exact) mass is 314 g/mol. The van der Waals surface area contributed by atoms with Crippen molar-refractivity contribution in [2.45, 2.75) is 12.2 Å². The maximum Gasteiger partial charge on any atom is 0.194 e. The minimum Gasteiger partial charge on any atom is -0.497 e. The molecule has 1 fully saturated rings. The summed E-state index contributed by atoms with van der Waals surface area (Å²) in [7, 11) is 4.72. The number of Topliss-reactive ketones (excluding diaryl/α,β-unsaturated/α-hetero) is 1. The summed E-state index contributed by atoms with van der Waals surface area (Å²) in [4.78, 5) is 12.5. The van der Waals surface area contributed by atoms with Crippen molar-refractivity contribution in [1.29, 1.82) is 0 Å². The number of hydrogen-bond donors (Lipinski definition) is 0. The quantitative estimate of drug-likeness (QED) is 0.606. The van der Waals surface area contributed by atoms with Crippen LogP contribution in [0.4, 0.5) is 0 Å². The van der Waals surface area contributed by atoms with E-state index in [2.05, 4.69) is 0 Å². The zero-order valence-electron chi connectivity index (χ0n) is 13.2. The van der Waals surface area contributed by atoms with Crippen molar-refractivity contribution in [2.24, 2.45) is 0 Å². The number of methoxy groups -OCH3 is 3. The van der Waals surface area contributed by atoms with Gasteiger partial charge in [-0.2, -0.15) is 0 Å². The fraction of sp³-hybridized carbons (Fsp3) is 0.278. The van der Waals surface area contributed by atoms with Crippen LogP contribution in [0, 0.1) is 0 Å². The Bertz CT molecular complexity index is 708. The third-order valence-electron chi connectivity index (χ3n) is 3.86. The Hall–Kier alpha value is -2.53. The molecule has 2 aromatic carbocycles. The number of carbonyl (C=O) groups excluding carboxylic acids is 1. The van der Waals surface area contributed by atoms with E-state index < -0.39 is 6.10 Å². The zero-order valence-corrected chi connectivity index (χ0v) is 13.2. The Morgan fingerprint density at radius 3 is 2.22 bits per heavy atom. The second-order valence-corrected chi connectivity index (χ2v) is 5.18. The van der Waals surface area contributed by atoms with Crippen LogP contribution in [-0.4, -0.2) is 33.2 Å².